The number of likely N-dealkylation sites (tertiary alicyclic amines) is 1. The van der Waals surface area contributed by atoms with Gasteiger partial charge in [-0.1, -0.05) is 25.3 Å². The van der Waals surface area contributed by atoms with Crippen LogP contribution in [0.3, 0.4) is 0 Å². The number of anilines is 1. The largest absolute Gasteiger partial charge is 0.339 e. The number of carbonyl (C=O) groups excluding carboxylic acids is 2. The van der Waals surface area contributed by atoms with Crippen LogP contribution in [0.1, 0.15) is 61.7 Å². The third kappa shape index (κ3) is 4.18. The van der Waals surface area contributed by atoms with E-state index in [2.05, 4.69) is 10.6 Å². The molecule has 2 aliphatic heterocycles. The second-order valence-corrected chi connectivity index (χ2v) is 8.62. The molecule has 1 spiro atoms. The summed E-state index contributed by atoms with van der Waals surface area (Å²) >= 11 is 0. The molecule has 1 saturated carbocycles. The van der Waals surface area contributed by atoms with Crippen molar-refractivity contribution in [3.63, 3.8) is 0 Å². The van der Waals surface area contributed by atoms with Crippen LogP contribution in [-0.4, -0.2) is 42.9 Å². The van der Waals surface area contributed by atoms with Crippen molar-refractivity contribution in [2.75, 3.05) is 31.5 Å². The Balaban J connectivity index is 1.37. The van der Waals surface area contributed by atoms with Gasteiger partial charge in [0.2, 0.25) is 5.91 Å². The number of hydrogen-bond acceptors (Lipinski definition) is 3. The summed E-state index contributed by atoms with van der Waals surface area (Å²) in [4.78, 5) is 27.4. The summed E-state index contributed by atoms with van der Waals surface area (Å²) in [5, 5.41) is 6.50. The SMILES string of the molecule is O=C(Nc1cccc(C(=O)N2CCC3(CCNC3)CC2)c1)C1CCCCC1. The summed E-state index contributed by atoms with van der Waals surface area (Å²) in [7, 11) is 0. The van der Waals surface area contributed by atoms with Crippen LogP contribution in [-0.2, 0) is 4.79 Å². The van der Waals surface area contributed by atoms with E-state index in [4.69, 9.17) is 0 Å². The standard InChI is InChI=1S/C22H31N3O2/c26-20(17-5-2-1-3-6-17)24-19-8-4-7-18(15-19)21(27)25-13-10-22(11-14-25)9-12-23-16-22/h4,7-8,15,17,23H,1-3,5-6,9-14,16H2,(H,24,26). The van der Waals surface area contributed by atoms with Gasteiger partial charge in [0.1, 0.15) is 0 Å². The van der Waals surface area contributed by atoms with E-state index in [1.54, 1.807) is 0 Å². The lowest BCUT2D eigenvalue weighted by atomic mass is 9.78. The van der Waals surface area contributed by atoms with Gasteiger partial charge in [0.15, 0.2) is 0 Å². The molecule has 5 heteroatoms. The third-order valence-electron chi connectivity index (χ3n) is 6.80. The number of rotatable bonds is 3. The third-order valence-corrected chi connectivity index (χ3v) is 6.80. The minimum atomic E-state index is 0.0876. The highest BCUT2D eigenvalue weighted by Crippen LogP contribution is 2.37. The smallest absolute Gasteiger partial charge is 0.253 e. The fourth-order valence-electron chi connectivity index (χ4n) is 4.93. The first-order valence-corrected chi connectivity index (χ1v) is 10.6. The molecular weight excluding hydrogens is 338 g/mol. The van der Waals surface area contributed by atoms with Gasteiger partial charge in [-0.05, 0) is 62.3 Å². The van der Waals surface area contributed by atoms with Crippen LogP contribution in [0.5, 0.6) is 0 Å². The molecule has 1 aliphatic carbocycles. The average molecular weight is 370 g/mol. The number of benzene rings is 1. The molecule has 146 valence electrons. The lowest BCUT2D eigenvalue weighted by Crippen LogP contribution is -2.44. The van der Waals surface area contributed by atoms with Crippen molar-refractivity contribution >= 4 is 17.5 Å². The Labute approximate surface area is 161 Å². The molecule has 3 aliphatic rings. The van der Waals surface area contributed by atoms with Crippen LogP contribution in [0, 0.1) is 11.3 Å². The van der Waals surface area contributed by atoms with Gasteiger partial charge in [0, 0.05) is 36.8 Å². The molecule has 2 N–H and O–H groups in total. The Morgan fingerprint density at radius 1 is 1.07 bits per heavy atom. The number of nitrogens with zero attached hydrogens (tertiary/aromatic N) is 1. The number of nitrogens with one attached hydrogen (secondary N) is 2. The van der Waals surface area contributed by atoms with E-state index in [9.17, 15) is 9.59 Å². The molecule has 1 aromatic carbocycles. The highest BCUT2D eigenvalue weighted by Gasteiger charge is 2.38. The lowest BCUT2D eigenvalue weighted by Gasteiger charge is -2.39. The molecule has 0 bridgehead atoms. The zero-order valence-electron chi connectivity index (χ0n) is 16.1. The monoisotopic (exact) mass is 369 g/mol. The molecule has 5 nitrogen and oxygen atoms in total. The summed E-state index contributed by atoms with van der Waals surface area (Å²) in [5.41, 5.74) is 1.83. The normalized spacial score (nSPS) is 22.7. The number of hydrogen-bond donors (Lipinski definition) is 2. The Morgan fingerprint density at radius 2 is 1.85 bits per heavy atom. The second kappa shape index (κ2) is 8.01. The first-order chi connectivity index (χ1) is 13.2. The van der Waals surface area contributed by atoms with E-state index in [1.807, 2.05) is 29.2 Å². The maximum absolute atomic E-state index is 12.9. The Hall–Kier alpha value is -1.88. The molecule has 3 fully saturated rings. The van der Waals surface area contributed by atoms with E-state index >= 15 is 0 Å². The molecule has 0 aromatic heterocycles. The lowest BCUT2D eigenvalue weighted by molar-refractivity contribution is -0.120. The van der Waals surface area contributed by atoms with Crippen molar-refractivity contribution in [2.24, 2.45) is 11.3 Å². The molecule has 2 amide bonds. The summed E-state index contributed by atoms with van der Waals surface area (Å²) in [6.45, 7) is 3.87. The molecule has 4 rings (SSSR count). The van der Waals surface area contributed by atoms with Gasteiger partial charge in [-0.3, -0.25) is 9.59 Å². The van der Waals surface area contributed by atoms with Gasteiger partial charge in [-0.25, -0.2) is 0 Å². The van der Waals surface area contributed by atoms with Crippen molar-refractivity contribution in [1.82, 2.24) is 10.2 Å². The maximum atomic E-state index is 12.9. The fourth-order valence-corrected chi connectivity index (χ4v) is 4.93. The number of piperidine rings is 1. The first-order valence-electron chi connectivity index (χ1n) is 10.6. The van der Waals surface area contributed by atoms with Crippen molar-refractivity contribution < 1.29 is 9.59 Å². The zero-order valence-corrected chi connectivity index (χ0v) is 16.1. The highest BCUT2D eigenvalue weighted by molar-refractivity contribution is 5.97. The van der Waals surface area contributed by atoms with E-state index in [1.165, 1.54) is 12.8 Å². The minimum absolute atomic E-state index is 0.0876. The highest BCUT2D eigenvalue weighted by atomic mass is 16.2. The van der Waals surface area contributed by atoms with Gasteiger partial charge in [-0.2, -0.15) is 0 Å². The second-order valence-electron chi connectivity index (χ2n) is 8.62. The molecule has 0 unspecified atom stereocenters. The molecule has 0 atom stereocenters. The van der Waals surface area contributed by atoms with E-state index in [0.717, 1.165) is 70.4 Å². The van der Waals surface area contributed by atoms with Crippen molar-refractivity contribution in [1.29, 1.82) is 0 Å². The van der Waals surface area contributed by atoms with Gasteiger partial charge in [-0.15, -0.1) is 0 Å². The maximum Gasteiger partial charge on any atom is 0.253 e. The Kier molecular flexibility index (Phi) is 5.48. The summed E-state index contributed by atoms with van der Waals surface area (Å²) < 4.78 is 0. The average Bonchev–Trinajstić information content (AvgIpc) is 3.17. The zero-order chi connectivity index (χ0) is 18.7. The fraction of sp³-hybridized carbons (Fsp3) is 0.636. The summed E-state index contributed by atoms with van der Waals surface area (Å²) in [6, 6.07) is 7.45. The van der Waals surface area contributed by atoms with E-state index in [0.29, 0.717) is 11.0 Å². The summed E-state index contributed by atoms with van der Waals surface area (Å²) in [6.07, 6.45) is 8.89. The first kappa shape index (κ1) is 18.5. The van der Waals surface area contributed by atoms with Crippen LogP contribution < -0.4 is 10.6 Å². The molecular formula is C22H31N3O2. The molecule has 0 radical (unpaired) electrons. The van der Waals surface area contributed by atoms with Crippen LogP contribution in [0.15, 0.2) is 24.3 Å². The van der Waals surface area contributed by atoms with Gasteiger partial charge < -0.3 is 15.5 Å². The van der Waals surface area contributed by atoms with Crippen LogP contribution >= 0.6 is 0 Å². The van der Waals surface area contributed by atoms with E-state index < -0.39 is 0 Å². The van der Waals surface area contributed by atoms with Crippen molar-refractivity contribution in [3.8, 4) is 0 Å². The van der Waals surface area contributed by atoms with E-state index in [-0.39, 0.29) is 17.7 Å². The predicted molar refractivity (Wildman–Crippen MR) is 107 cm³/mol. The van der Waals surface area contributed by atoms with Crippen molar-refractivity contribution in [2.45, 2.75) is 51.4 Å². The van der Waals surface area contributed by atoms with Crippen LogP contribution in [0.4, 0.5) is 5.69 Å². The van der Waals surface area contributed by atoms with Gasteiger partial charge in [0.05, 0.1) is 0 Å². The Bertz CT molecular complexity index is 681. The molecule has 1 aromatic rings. The Morgan fingerprint density at radius 3 is 2.56 bits per heavy atom. The number of amides is 2. The molecule has 27 heavy (non-hydrogen) atoms. The van der Waals surface area contributed by atoms with Crippen LogP contribution in [0.25, 0.3) is 0 Å². The van der Waals surface area contributed by atoms with Gasteiger partial charge in [0.25, 0.3) is 5.91 Å². The number of carbonyl (C=O) groups is 2. The van der Waals surface area contributed by atoms with Crippen molar-refractivity contribution in [3.05, 3.63) is 29.8 Å². The van der Waals surface area contributed by atoms with Crippen LogP contribution in [0.2, 0.25) is 0 Å². The summed E-state index contributed by atoms with van der Waals surface area (Å²) in [5.74, 6) is 0.314. The minimum Gasteiger partial charge on any atom is -0.339 e. The topological polar surface area (TPSA) is 61.4 Å². The van der Waals surface area contributed by atoms with Gasteiger partial charge >= 0.3 is 0 Å². The molecule has 2 heterocycles. The predicted octanol–water partition coefficient (Wildman–Crippen LogP) is 3.42. The quantitative estimate of drug-likeness (QED) is 0.858. The molecule has 2 saturated heterocycles.